The van der Waals surface area contributed by atoms with Gasteiger partial charge in [0.25, 0.3) is 5.91 Å². The third-order valence-corrected chi connectivity index (χ3v) is 6.42. The molecule has 1 aliphatic heterocycles. The monoisotopic (exact) mass is 442 g/mol. The molecule has 1 aromatic heterocycles. The van der Waals surface area contributed by atoms with E-state index in [0.29, 0.717) is 10.6 Å². The Hall–Kier alpha value is -2.15. The van der Waals surface area contributed by atoms with Crippen molar-refractivity contribution < 1.29 is 9.53 Å². The van der Waals surface area contributed by atoms with Gasteiger partial charge in [-0.05, 0) is 54.4 Å². The Morgan fingerprint density at radius 1 is 1.32 bits per heavy atom. The van der Waals surface area contributed by atoms with E-state index in [9.17, 15) is 4.79 Å². The number of carbonyl (C=O) groups excluding carboxylic acids is 1. The van der Waals surface area contributed by atoms with Gasteiger partial charge in [0.05, 0.1) is 19.4 Å². The fourth-order valence-electron chi connectivity index (χ4n) is 4.15. The molecule has 4 rings (SSSR count). The summed E-state index contributed by atoms with van der Waals surface area (Å²) >= 11 is 5.89. The van der Waals surface area contributed by atoms with Crippen molar-refractivity contribution >= 4 is 28.8 Å². The van der Waals surface area contributed by atoms with E-state index in [2.05, 4.69) is 52.2 Å². The molecule has 0 bridgehead atoms. The number of morpholine rings is 1. The van der Waals surface area contributed by atoms with Crippen molar-refractivity contribution in [3.05, 3.63) is 52.6 Å². The van der Waals surface area contributed by atoms with Crippen LogP contribution in [0.25, 0.3) is 5.57 Å². The average molecular weight is 443 g/mol. The van der Waals surface area contributed by atoms with E-state index in [4.69, 9.17) is 16.3 Å². The number of nitrogens with zero attached hydrogens (tertiary/aromatic N) is 2. The van der Waals surface area contributed by atoms with Crippen LogP contribution in [0.15, 0.2) is 30.5 Å². The number of ether oxygens (including phenoxy) is 1. The standard InChI is InChI=1S/C24H31ClN4O2/c1-24(2)8-5-18(6-9-24)19-15-17(7-10-29-11-13-31-14-12-29)3-4-20(19)27-23(30)22-26-16-21(25)28-22/h3-5,15-16H,6-14H2,1-2H3,(H,26,28)(H,27,30). The fraction of sp³-hybridized carbons (Fsp3) is 0.500. The predicted octanol–water partition coefficient (Wildman–Crippen LogP) is 4.78. The number of amides is 1. The van der Waals surface area contributed by atoms with Crippen molar-refractivity contribution in [3.63, 3.8) is 0 Å². The molecule has 0 unspecified atom stereocenters. The number of carbonyl (C=O) groups is 1. The van der Waals surface area contributed by atoms with E-state index in [-0.39, 0.29) is 11.7 Å². The number of imidazole rings is 1. The summed E-state index contributed by atoms with van der Waals surface area (Å²) in [6.07, 6.45) is 7.95. The number of benzene rings is 1. The lowest BCUT2D eigenvalue weighted by Gasteiger charge is -2.30. The second-order valence-electron chi connectivity index (χ2n) is 9.22. The molecular formula is C24H31ClN4O2. The van der Waals surface area contributed by atoms with Crippen molar-refractivity contribution in [1.82, 2.24) is 14.9 Å². The lowest BCUT2D eigenvalue weighted by molar-refractivity contribution is 0.0384. The van der Waals surface area contributed by atoms with E-state index in [1.165, 1.54) is 17.3 Å². The Morgan fingerprint density at radius 2 is 2.13 bits per heavy atom. The van der Waals surface area contributed by atoms with Crippen molar-refractivity contribution in [2.75, 3.05) is 38.2 Å². The maximum atomic E-state index is 12.7. The molecule has 1 amide bonds. The quantitative estimate of drug-likeness (QED) is 0.675. The molecule has 6 nitrogen and oxygen atoms in total. The van der Waals surface area contributed by atoms with E-state index in [0.717, 1.165) is 69.8 Å². The molecule has 31 heavy (non-hydrogen) atoms. The summed E-state index contributed by atoms with van der Waals surface area (Å²) < 4.78 is 5.45. The fourth-order valence-corrected chi connectivity index (χ4v) is 4.29. The van der Waals surface area contributed by atoms with Gasteiger partial charge >= 0.3 is 0 Å². The number of anilines is 1. The number of halogens is 1. The molecule has 1 saturated heterocycles. The molecule has 7 heteroatoms. The van der Waals surface area contributed by atoms with Gasteiger partial charge in [0.2, 0.25) is 0 Å². The average Bonchev–Trinajstić information content (AvgIpc) is 3.20. The summed E-state index contributed by atoms with van der Waals surface area (Å²) in [6, 6.07) is 6.38. The van der Waals surface area contributed by atoms with Crippen molar-refractivity contribution in [2.45, 2.75) is 39.5 Å². The lowest BCUT2D eigenvalue weighted by Crippen LogP contribution is -2.37. The smallest absolute Gasteiger partial charge is 0.291 e. The van der Waals surface area contributed by atoms with E-state index >= 15 is 0 Å². The first-order valence-corrected chi connectivity index (χ1v) is 11.4. The molecule has 0 atom stereocenters. The zero-order valence-electron chi connectivity index (χ0n) is 18.3. The molecule has 2 aromatic rings. The zero-order chi connectivity index (χ0) is 21.8. The highest BCUT2D eigenvalue weighted by molar-refractivity contribution is 6.29. The largest absolute Gasteiger partial charge is 0.379 e. The molecule has 0 saturated carbocycles. The van der Waals surface area contributed by atoms with E-state index < -0.39 is 0 Å². The van der Waals surface area contributed by atoms with Gasteiger partial charge in [-0.1, -0.05) is 37.6 Å². The minimum absolute atomic E-state index is 0.214. The number of rotatable bonds is 6. The maximum Gasteiger partial charge on any atom is 0.291 e. The van der Waals surface area contributed by atoms with Crippen LogP contribution in [0.5, 0.6) is 0 Å². The van der Waals surface area contributed by atoms with Crippen LogP contribution in [-0.2, 0) is 11.2 Å². The molecule has 166 valence electrons. The molecule has 1 fully saturated rings. The molecule has 2 N–H and O–H groups in total. The minimum atomic E-state index is -0.286. The number of H-pyrrole nitrogens is 1. The van der Waals surface area contributed by atoms with Crippen LogP contribution in [0.1, 0.15) is 54.9 Å². The SMILES string of the molecule is CC1(C)CC=C(c2cc(CCN3CCOCC3)ccc2NC(=O)c2ncc(Cl)[nH]2)CC1. The van der Waals surface area contributed by atoms with E-state index in [1.807, 2.05) is 6.07 Å². The number of hydrogen-bond donors (Lipinski definition) is 2. The topological polar surface area (TPSA) is 70.2 Å². The number of allylic oxidation sites excluding steroid dienone is 2. The Labute approximate surface area is 189 Å². The third kappa shape index (κ3) is 5.76. The molecule has 0 spiro atoms. The summed E-state index contributed by atoms with van der Waals surface area (Å²) in [5, 5.41) is 3.38. The lowest BCUT2D eigenvalue weighted by atomic mass is 9.76. The van der Waals surface area contributed by atoms with Crippen LogP contribution < -0.4 is 5.32 Å². The Balaban J connectivity index is 1.55. The second-order valence-corrected chi connectivity index (χ2v) is 9.62. The van der Waals surface area contributed by atoms with Crippen LogP contribution in [0.2, 0.25) is 5.15 Å². The van der Waals surface area contributed by atoms with Gasteiger partial charge in [-0.2, -0.15) is 0 Å². The van der Waals surface area contributed by atoms with Crippen molar-refractivity contribution in [1.29, 1.82) is 0 Å². The van der Waals surface area contributed by atoms with Crippen LogP contribution in [0, 0.1) is 5.41 Å². The van der Waals surface area contributed by atoms with Crippen molar-refractivity contribution in [2.24, 2.45) is 5.41 Å². The van der Waals surface area contributed by atoms with Gasteiger partial charge in [-0.15, -0.1) is 0 Å². The highest BCUT2D eigenvalue weighted by atomic mass is 35.5. The van der Waals surface area contributed by atoms with Crippen LogP contribution in [-0.4, -0.2) is 53.6 Å². The number of nitrogens with one attached hydrogen (secondary N) is 2. The number of aromatic amines is 1. The predicted molar refractivity (Wildman–Crippen MR) is 125 cm³/mol. The summed E-state index contributed by atoms with van der Waals surface area (Å²) in [7, 11) is 0. The summed E-state index contributed by atoms with van der Waals surface area (Å²) in [6.45, 7) is 9.25. The second kappa shape index (κ2) is 9.55. The maximum absolute atomic E-state index is 12.7. The first kappa shape index (κ1) is 22.1. The molecule has 2 heterocycles. The van der Waals surface area contributed by atoms with Crippen LogP contribution >= 0.6 is 11.6 Å². The van der Waals surface area contributed by atoms with E-state index in [1.54, 1.807) is 0 Å². The first-order valence-electron chi connectivity index (χ1n) is 11.0. The normalized spacial score (nSPS) is 19.1. The van der Waals surface area contributed by atoms with Gasteiger partial charge in [0, 0.05) is 30.9 Å². The van der Waals surface area contributed by atoms with Crippen LogP contribution in [0.4, 0.5) is 5.69 Å². The van der Waals surface area contributed by atoms with Gasteiger partial charge in [0.1, 0.15) is 5.15 Å². The first-order chi connectivity index (χ1) is 14.9. The highest BCUT2D eigenvalue weighted by Crippen LogP contribution is 2.40. The zero-order valence-corrected chi connectivity index (χ0v) is 19.1. The molecule has 1 aromatic carbocycles. The van der Waals surface area contributed by atoms with Crippen LogP contribution in [0.3, 0.4) is 0 Å². The summed E-state index contributed by atoms with van der Waals surface area (Å²) in [5.41, 5.74) is 4.84. The molecular weight excluding hydrogens is 412 g/mol. The van der Waals surface area contributed by atoms with Gasteiger partial charge < -0.3 is 15.0 Å². The minimum Gasteiger partial charge on any atom is -0.379 e. The Kier molecular flexibility index (Phi) is 6.80. The van der Waals surface area contributed by atoms with Gasteiger partial charge in [0.15, 0.2) is 5.82 Å². The van der Waals surface area contributed by atoms with Gasteiger partial charge in [-0.3, -0.25) is 9.69 Å². The number of aromatic nitrogens is 2. The molecule has 0 radical (unpaired) electrons. The summed E-state index contributed by atoms with van der Waals surface area (Å²) in [4.78, 5) is 22.0. The Bertz CT molecular complexity index is 960. The molecule has 2 aliphatic rings. The third-order valence-electron chi connectivity index (χ3n) is 6.23. The van der Waals surface area contributed by atoms with Gasteiger partial charge in [-0.25, -0.2) is 4.98 Å². The number of hydrogen-bond acceptors (Lipinski definition) is 4. The Morgan fingerprint density at radius 3 is 2.81 bits per heavy atom. The molecule has 1 aliphatic carbocycles. The van der Waals surface area contributed by atoms with Crippen molar-refractivity contribution in [3.8, 4) is 0 Å². The highest BCUT2D eigenvalue weighted by Gasteiger charge is 2.24. The summed E-state index contributed by atoms with van der Waals surface area (Å²) in [5.74, 6) is -0.0722.